The maximum absolute atomic E-state index is 5.13. The molecular formula is C8H9BrOS4. The standard InChI is InChI=1S/C8H9BrOS4/c1-2-10-12-14-13-11-8-5-3-7(9)4-6-8/h3-6H,2H2,1H3. The van der Waals surface area contributed by atoms with Gasteiger partial charge in [-0.05, 0) is 51.8 Å². The first-order valence-electron chi connectivity index (χ1n) is 3.88. The quantitative estimate of drug-likeness (QED) is 0.389. The predicted octanol–water partition coefficient (Wildman–Crippen LogP) is 5.44. The van der Waals surface area contributed by atoms with E-state index in [1.807, 2.05) is 19.1 Å². The molecule has 0 unspecified atom stereocenters. The lowest BCUT2D eigenvalue weighted by Gasteiger charge is -1.99. The molecule has 1 aromatic carbocycles. The molecule has 1 nitrogen and oxygen atoms in total. The van der Waals surface area contributed by atoms with Gasteiger partial charge in [0, 0.05) is 19.2 Å². The molecule has 78 valence electrons. The van der Waals surface area contributed by atoms with Crippen molar-refractivity contribution in [2.75, 3.05) is 6.61 Å². The topological polar surface area (TPSA) is 9.23 Å². The van der Waals surface area contributed by atoms with E-state index in [2.05, 4.69) is 28.1 Å². The molecule has 0 aliphatic rings. The van der Waals surface area contributed by atoms with Crippen LogP contribution in [0.2, 0.25) is 0 Å². The fourth-order valence-electron chi connectivity index (χ4n) is 0.622. The molecule has 0 atom stereocenters. The molecular weight excluding hydrogens is 320 g/mol. The van der Waals surface area contributed by atoms with Crippen LogP contribution < -0.4 is 0 Å². The molecule has 0 amide bonds. The predicted molar refractivity (Wildman–Crippen MR) is 74.4 cm³/mol. The van der Waals surface area contributed by atoms with E-state index in [9.17, 15) is 0 Å². The van der Waals surface area contributed by atoms with Crippen molar-refractivity contribution in [3.63, 3.8) is 0 Å². The van der Waals surface area contributed by atoms with Gasteiger partial charge in [0.2, 0.25) is 0 Å². The normalized spacial score (nSPS) is 10.4. The maximum Gasteiger partial charge on any atom is 0.0748 e. The zero-order valence-electron chi connectivity index (χ0n) is 7.44. The second-order valence-electron chi connectivity index (χ2n) is 2.15. The Morgan fingerprint density at radius 1 is 1.21 bits per heavy atom. The lowest BCUT2D eigenvalue weighted by molar-refractivity contribution is 0.408. The van der Waals surface area contributed by atoms with Crippen LogP contribution in [0.1, 0.15) is 6.92 Å². The highest BCUT2D eigenvalue weighted by molar-refractivity contribution is 9.25. The summed E-state index contributed by atoms with van der Waals surface area (Å²) in [6.45, 7) is 2.74. The van der Waals surface area contributed by atoms with E-state index in [0.29, 0.717) is 0 Å². The monoisotopic (exact) mass is 328 g/mol. The molecule has 0 bridgehead atoms. The summed E-state index contributed by atoms with van der Waals surface area (Å²) in [5, 5.41) is 0. The SMILES string of the molecule is CCOSSSSc1ccc(Br)cc1. The average molecular weight is 329 g/mol. The Labute approximate surface area is 108 Å². The van der Waals surface area contributed by atoms with E-state index in [1.165, 1.54) is 16.0 Å². The molecule has 0 N–H and O–H groups in total. The van der Waals surface area contributed by atoms with Crippen LogP contribution in [-0.4, -0.2) is 6.61 Å². The van der Waals surface area contributed by atoms with Gasteiger partial charge >= 0.3 is 0 Å². The lowest BCUT2D eigenvalue weighted by Crippen LogP contribution is -1.70. The van der Waals surface area contributed by atoms with Crippen LogP contribution in [0.3, 0.4) is 0 Å². The number of benzene rings is 1. The molecule has 0 radical (unpaired) electrons. The highest BCUT2D eigenvalue weighted by Crippen LogP contribution is 2.46. The minimum Gasteiger partial charge on any atom is -0.305 e. The number of rotatable bonds is 6. The van der Waals surface area contributed by atoms with Crippen LogP contribution in [0.4, 0.5) is 0 Å². The molecule has 6 heteroatoms. The van der Waals surface area contributed by atoms with Crippen LogP contribution in [0.25, 0.3) is 0 Å². The van der Waals surface area contributed by atoms with Crippen molar-refractivity contribution in [3.8, 4) is 0 Å². The number of halogens is 1. The van der Waals surface area contributed by atoms with Crippen molar-refractivity contribution >= 4 is 57.5 Å². The Morgan fingerprint density at radius 3 is 2.57 bits per heavy atom. The molecule has 14 heavy (non-hydrogen) atoms. The van der Waals surface area contributed by atoms with E-state index in [-0.39, 0.29) is 0 Å². The van der Waals surface area contributed by atoms with E-state index >= 15 is 0 Å². The first kappa shape index (κ1) is 13.1. The van der Waals surface area contributed by atoms with Crippen LogP contribution in [0.5, 0.6) is 0 Å². The molecule has 0 saturated heterocycles. The van der Waals surface area contributed by atoms with Gasteiger partial charge in [0.1, 0.15) is 0 Å². The number of hydrogen-bond donors (Lipinski definition) is 0. The summed E-state index contributed by atoms with van der Waals surface area (Å²) in [7, 11) is 5.08. The van der Waals surface area contributed by atoms with Crippen molar-refractivity contribution < 1.29 is 4.18 Å². The van der Waals surface area contributed by atoms with Crippen molar-refractivity contribution in [1.29, 1.82) is 0 Å². The zero-order chi connectivity index (χ0) is 10.2. The van der Waals surface area contributed by atoms with Gasteiger partial charge in [-0.1, -0.05) is 15.9 Å². The average Bonchev–Trinajstić information content (AvgIpc) is 2.21. The third-order valence-corrected chi connectivity index (χ3v) is 7.19. The summed E-state index contributed by atoms with van der Waals surface area (Å²) in [6, 6.07) is 8.27. The Hall–Kier alpha value is 1.06. The Morgan fingerprint density at radius 2 is 1.93 bits per heavy atom. The fourth-order valence-corrected chi connectivity index (χ4v) is 5.40. The van der Waals surface area contributed by atoms with Crippen LogP contribution >= 0.6 is 57.5 Å². The zero-order valence-corrected chi connectivity index (χ0v) is 12.3. The van der Waals surface area contributed by atoms with Gasteiger partial charge in [0.25, 0.3) is 0 Å². The van der Waals surface area contributed by atoms with Crippen LogP contribution in [0, 0.1) is 0 Å². The molecule has 1 aromatic rings. The van der Waals surface area contributed by atoms with Gasteiger partial charge < -0.3 is 4.18 Å². The number of hydrogen-bond acceptors (Lipinski definition) is 5. The van der Waals surface area contributed by atoms with Gasteiger partial charge in [-0.25, -0.2) is 0 Å². The summed E-state index contributed by atoms with van der Waals surface area (Å²) in [6.07, 6.45) is 0. The third kappa shape index (κ3) is 5.82. The molecule has 0 aliphatic carbocycles. The second-order valence-corrected chi connectivity index (χ2v) is 8.52. The molecule has 0 saturated carbocycles. The third-order valence-electron chi connectivity index (χ3n) is 1.17. The Bertz CT molecular complexity index is 254. The summed E-state index contributed by atoms with van der Waals surface area (Å²) >= 11 is 4.83. The highest BCUT2D eigenvalue weighted by atomic mass is 79.9. The molecule has 1 rings (SSSR count). The molecule has 0 aromatic heterocycles. The van der Waals surface area contributed by atoms with Crippen molar-refractivity contribution in [1.82, 2.24) is 0 Å². The summed E-state index contributed by atoms with van der Waals surface area (Å²) in [4.78, 5) is 1.25. The molecule has 0 fully saturated rings. The summed E-state index contributed by atoms with van der Waals surface area (Å²) in [5.74, 6) is 0. The maximum atomic E-state index is 5.13. The minimum absolute atomic E-state index is 0.751. The van der Waals surface area contributed by atoms with Gasteiger partial charge in [0.15, 0.2) is 0 Å². The highest BCUT2D eigenvalue weighted by Gasteiger charge is 1.96. The van der Waals surface area contributed by atoms with Crippen molar-refractivity contribution in [3.05, 3.63) is 28.7 Å². The van der Waals surface area contributed by atoms with Crippen molar-refractivity contribution in [2.24, 2.45) is 0 Å². The second kappa shape index (κ2) is 8.24. The summed E-state index contributed by atoms with van der Waals surface area (Å²) < 4.78 is 6.24. The first-order valence-corrected chi connectivity index (χ1v) is 9.41. The lowest BCUT2D eigenvalue weighted by atomic mass is 10.4. The Kier molecular flexibility index (Phi) is 7.73. The van der Waals surface area contributed by atoms with Gasteiger partial charge in [0.05, 0.1) is 17.7 Å². The van der Waals surface area contributed by atoms with E-state index < -0.39 is 0 Å². The minimum atomic E-state index is 0.751. The molecule has 0 heterocycles. The summed E-state index contributed by atoms with van der Waals surface area (Å²) in [5.41, 5.74) is 0. The molecule has 0 aliphatic heterocycles. The van der Waals surface area contributed by atoms with E-state index in [4.69, 9.17) is 4.18 Å². The van der Waals surface area contributed by atoms with Gasteiger partial charge in [-0.3, -0.25) is 0 Å². The van der Waals surface area contributed by atoms with Crippen LogP contribution in [-0.2, 0) is 4.18 Å². The van der Waals surface area contributed by atoms with E-state index in [1.54, 1.807) is 30.4 Å². The Balaban J connectivity index is 2.15. The van der Waals surface area contributed by atoms with Crippen molar-refractivity contribution in [2.45, 2.75) is 11.8 Å². The van der Waals surface area contributed by atoms with Gasteiger partial charge in [-0.15, -0.1) is 0 Å². The van der Waals surface area contributed by atoms with E-state index in [0.717, 1.165) is 11.1 Å². The smallest absolute Gasteiger partial charge is 0.0748 e. The largest absolute Gasteiger partial charge is 0.305 e. The first-order chi connectivity index (χ1) is 6.83. The fraction of sp³-hybridized carbons (Fsp3) is 0.250. The van der Waals surface area contributed by atoms with Gasteiger partial charge in [-0.2, -0.15) is 0 Å². The molecule has 0 spiro atoms. The van der Waals surface area contributed by atoms with Crippen LogP contribution in [0.15, 0.2) is 33.6 Å².